The fourth-order valence-corrected chi connectivity index (χ4v) is 2.50. The van der Waals surface area contributed by atoms with Gasteiger partial charge in [0.1, 0.15) is 0 Å². The molecule has 0 bridgehead atoms. The van der Waals surface area contributed by atoms with E-state index < -0.39 is 31.2 Å². The predicted octanol–water partition coefficient (Wildman–Crippen LogP) is 3.88. The van der Waals surface area contributed by atoms with Gasteiger partial charge in [-0.15, -0.1) is 46.4 Å². The molecule has 0 amide bonds. The Labute approximate surface area is 117 Å². The van der Waals surface area contributed by atoms with Gasteiger partial charge in [0.15, 0.2) is 0 Å². The largest absolute Gasteiger partial charge is 0.319 e. The molecule has 0 aliphatic carbocycles. The first kappa shape index (κ1) is 17.3. The van der Waals surface area contributed by atoms with E-state index in [9.17, 15) is 4.57 Å². The van der Waals surface area contributed by atoms with Crippen molar-refractivity contribution in [1.29, 1.82) is 0 Å². The Morgan fingerprint density at radius 3 is 1.56 bits per heavy atom. The van der Waals surface area contributed by atoms with Gasteiger partial charge in [0, 0.05) is 11.8 Å². The molecule has 0 aliphatic heterocycles. The topological polar surface area (TPSA) is 35.5 Å². The Balaban J connectivity index is 3.99. The predicted molar refractivity (Wildman–Crippen MR) is 70.8 cm³/mol. The first-order valence-electron chi connectivity index (χ1n) is 4.69. The summed E-state index contributed by atoms with van der Waals surface area (Å²) in [6, 6.07) is 0. The van der Waals surface area contributed by atoms with Crippen molar-refractivity contribution < 1.29 is 13.6 Å². The van der Waals surface area contributed by atoms with E-state index in [1.165, 1.54) is 0 Å². The standard InChI is InChI=1S/C8H15Cl4O3P/c1-5(7(11)3-9)14-16(13)15-6(2)8(12)4-10/h5-8,16H,3-4H2,1-2H3. The van der Waals surface area contributed by atoms with Gasteiger partial charge in [0.2, 0.25) is 0 Å². The van der Waals surface area contributed by atoms with Crippen LogP contribution in [0.25, 0.3) is 0 Å². The van der Waals surface area contributed by atoms with Crippen LogP contribution in [-0.2, 0) is 13.6 Å². The molecule has 0 aromatic heterocycles. The zero-order valence-corrected chi connectivity index (χ0v) is 13.0. The summed E-state index contributed by atoms with van der Waals surface area (Å²) < 4.78 is 21.6. The molecule has 16 heavy (non-hydrogen) atoms. The molecule has 0 N–H and O–H groups in total. The summed E-state index contributed by atoms with van der Waals surface area (Å²) >= 11 is 22.7. The number of rotatable bonds is 8. The molecule has 3 nitrogen and oxygen atoms in total. The van der Waals surface area contributed by atoms with Crippen molar-refractivity contribution in [3.63, 3.8) is 0 Å². The van der Waals surface area contributed by atoms with Crippen LogP contribution < -0.4 is 0 Å². The summed E-state index contributed by atoms with van der Waals surface area (Å²) in [6.07, 6.45) is -0.884. The quantitative estimate of drug-likeness (QED) is 0.500. The van der Waals surface area contributed by atoms with Crippen molar-refractivity contribution in [2.75, 3.05) is 11.8 Å². The summed E-state index contributed by atoms with van der Waals surface area (Å²) in [5, 5.41) is -0.816. The second-order valence-electron chi connectivity index (χ2n) is 3.24. The summed E-state index contributed by atoms with van der Waals surface area (Å²) in [7, 11) is -2.63. The molecule has 4 atom stereocenters. The van der Waals surface area contributed by atoms with Crippen molar-refractivity contribution in [2.24, 2.45) is 0 Å². The Morgan fingerprint density at radius 1 is 1.00 bits per heavy atom. The van der Waals surface area contributed by atoms with Gasteiger partial charge >= 0.3 is 8.25 Å². The van der Waals surface area contributed by atoms with E-state index in [-0.39, 0.29) is 11.8 Å². The van der Waals surface area contributed by atoms with Gasteiger partial charge in [-0.3, -0.25) is 4.57 Å². The summed E-state index contributed by atoms with van der Waals surface area (Å²) in [4.78, 5) is 0. The molecule has 0 saturated heterocycles. The van der Waals surface area contributed by atoms with Crippen molar-refractivity contribution in [3.8, 4) is 0 Å². The number of hydrogen-bond donors (Lipinski definition) is 0. The molecule has 0 fully saturated rings. The maximum absolute atomic E-state index is 11.4. The van der Waals surface area contributed by atoms with Crippen molar-refractivity contribution in [1.82, 2.24) is 0 Å². The van der Waals surface area contributed by atoms with Gasteiger partial charge in [-0.2, -0.15) is 0 Å². The smallest absolute Gasteiger partial charge is 0.306 e. The molecule has 0 aromatic rings. The minimum atomic E-state index is -2.63. The first-order chi connectivity index (χ1) is 7.42. The lowest BCUT2D eigenvalue weighted by atomic mass is 10.3. The molecule has 0 radical (unpaired) electrons. The Bertz CT molecular complexity index is 199. The minimum absolute atomic E-state index is 0.216. The third kappa shape index (κ3) is 6.90. The van der Waals surface area contributed by atoms with E-state index in [1.807, 2.05) is 0 Å². The van der Waals surface area contributed by atoms with Crippen LogP contribution in [0.2, 0.25) is 0 Å². The molecule has 0 aromatic carbocycles. The highest BCUT2D eigenvalue weighted by Gasteiger charge is 2.21. The fourth-order valence-electron chi connectivity index (χ4n) is 0.730. The average molecular weight is 332 g/mol. The zero-order valence-electron chi connectivity index (χ0n) is 8.96. The second kappa shape index (κ2) is 9.27. The lowest BCUT2D eigenvalue weighted by Crippen LogP contribution is -2.23. The van der Waals surface area contributed by atoms with Crippen LogP contribution in [0.1, 0.15) is 13.8 Å². The van der Waals surface area contributed by atoms with Crippen LogP contribution >= 0.6 is 54.7 Å². The number of alkyl halides is 4. The van der Waals surface area contributed by atoms with Gasteiger partial charge in [-0.1, -0.05) is 0 Å². The first-order valence-corrected chi connectivity index (χ1v) is 7.86. The SMILES string of the molecule is CC(O[PH](=O)OC(C)C(Cl)CCl)C(Cl)CCl. The highest BCUT2D eigenvalue weighted by molar-refractivity contribution is 7.33. The van der Waals surface area contributed by atoms with Gasteiger partial charge < -0.3 is 9.05 Å². The molecule has 0 spiro atoms. The monoisotopic (exact) mass is 330 g/mol. The van der Waals surface area contributed by atoms with E-state index in [2.05, 4.69) is 0 Å². The van der Waals surface area contributed by atoms with Crippen LogP contribution in [0.4, 0.5) is 0 Å². The highest BCUT2D eigenvalue weighted by atomic mass is 35.5. The van der Waals surface area contributed by atoms with Gasteiger partial charge in [-0.25, -0.2) is 0 Å². The third-order valence-corrected chi connectivity index (χ3v) is 5.01. The van der Waals surface area contributed by atoms with Crippen LogP contribution in [0, 0.1) is 0 Å². The normalized spacial score (nSPS) is 21.1. The minimum Gasteiger partial charge on any atom is -0.306 e. The number of hydrogen-bond acceptors (Lipinski definition) is 3. The summed E-state index contributed by atoms with van der Waals surface area (Å²) in [6.45, 7) is 3.35. The van der Waals surface area contributed by atoms with E-state index in [1.54, 1.807) is 13.8 Å². The van der Waals surface area contributed by atoms with Crippen LogP contribution in [0.5, 0.6) is 0 Å². The lowest BCUT2D eigenvalue weighted by Gasteiger charge is -2.20. The zero-order chi connectivity index (χ0) is 12.7. The maximum Gasteiger partial charge on any atom is 0.319 e. The fraction of sp³-hybridized carbons (Fsp3) is 1.00. The van der Waals surface area contributed by atoms with Gasteiger partial charge in [0.05, 0.1) is 23.0 Å². The Morgan fingerprint density at radius 2 is 1.31 bits per heavy atom. The summed E-state index contributed by atoms with van der Waals surface area (Å²) in [5.74, 6) is 0.431. The second-order valence-corrected chi connectivity index (χ2v) is 5.95. The lowest BCUT2D eigenvalue weighted by molar-refractivity contribution is 0.144. The van der Waals surface area contributed by atoms with Crippen LogP contribution in [0.15, 0.2) is 0 Å². The van der Waals surface area contributed by atoms with Crippen LogP contribution in [-0.4, -0.2) is 34.7 Å². The molecule has 4 unspecified atom stereocenters. The van der Waals surface area contributed by atoms with E-state index >= 15 is 0 Å². The molecule has 0 rings (SSSR count). The number of halogens is 4. The molecule has 8 heteroatoms. The van der Waals surface area contributed by atoms with E-state index in [0.29, 0.717) is 0 Å². The van der Waals surface area contributed by atoms with Crippen molar-refractivity contribution in [2.45, 2.75) is 36.8 Å². The Kier molecular flexibility index (Phi) is 10.0. The van der Waals surface area contributed by atoms with Crippen molar-refractivity contribution in [3.05, 3.63) is 0 Å². The molecule has 98 valence electrons. The highest BCUT2D eigenvalue weighted by Crippen LogP contribution is 2.31. The molecule has 0 aliphatic rings. The third-order valence-electron chi connectivity index (χ3n) is 1.88. The molecular weight excluding hydrogens is 317 g/mol. The van der Waals surface area contributed by atoms with Gasteiger partial charge in [0.25, 0.3) is 0 Å². The molecule has 0 saturated carbocycles. The summed E-state index contributed by atoms with van der Waals surface area (Å²) in [5.41, 5.74) is 0. The Hall–Kier alpha value is 1.31. The maximum atomic E-state index is 11.4. The van der Waals surface area contributed by atoms with Gasteiger partial charge in [-0.05, 0) is 13.8 Å². The van der Waals surface area contributed by atoms with E-state index in [0.717, 1.165) is 0 Å². The van der Waals surface area contributed by atoms with Crippen LogP contribution in [0.3, 0.4) is 0 Å². The molecule has 0 heterocycles. The average Bonchev–Trinajstić information content (AvgIpc) is 2.26. The molecular formula is C8H15Cl4O3P. The van der Waals surface area contributed by atoms with E-state index in [4.69, 9.17) is 55.5 Å². The van der Waals surface area contributed by atoms with Crippen molar-refractivity contribution >= 4 is 54.7 Å².